The highest BCUT2D eigenvalue weighted by Crippen LogP contribution is 2.77. The Labute approximate surface area is 180 Å². The van der Waals surface area contributed by atoms with Crippen molar-refractivity contribution in [2.24, 2.45) is 11.8 Å². The van der Waals surface area contributed by atoms with E-state index in [4.69, 9.17) is 69.6 Å². The van der Waals surface area contributed by atoms with Crippen molar-refractivity contribution in [1.82, 2.24) is 0 Å². The lowest BCUT2D eigenvalue weighted by Gasteiger charge is -2.34. The second-order valence-electron chi connectivity index (χ2n) is 6.83. The summed E-state index contributed by atoms with van der Waals surface area (Å²) in [7, 11) is 0. The zero-order valence-corrected chi connectivity index (χ0v) is 18.0. The van der Waals surface area contributed by atoms with Crippen molar-refractivity contribution in [1.29, 1.82) is 0 Å². The molecule has 2 fully saturated rings. The van der Waals surface area contributed by atoms with Crippen LogP contribution in [0, 0.1) is 25.7 Å². The van der Waals surface area contributed by atoms with Crippen LogP contribution in [-0.4, -0.2) is 25.9 Å². The van der Waals surface area contributed by atoms with Crippen molar-refractivity contribution < 1.29 is 9.59 Å². The number of fused-ring (bicyclic) bond motifs is 5. The molecular formula is C17H11Cl6NO2. The fourth-order valence-electron chi connectivity index (χ4n) is 4.37. The molecule has 0 aromatic heterocycles. The van der Waals surface area contributed by atoms with Crippen LogP contribution in [0.4, 0.5) is 5.69 Å². The zero-order valence-electron chi connectivity index (χ0n) is 13.4. The van der Waals surface area contributed by atoms with Gasteiger partial charge in [0.15, 0.2) is 4.33 Å². The third kappa shape index (κ3) is 1.77. The van der Waals surface area contributed by atoms with Gasteiger partial charge >= 0.3 is 0 Å². The average Bonchev–Trinajstić information content (AvgIpc) is 2.94. The van der Waals surface area contributed by atoms with Crippen molar-refractivity contribution >= 4 is 87.1 Å². The Hall–Kier alpha value is -0.160. The molecule has 138 valence electrons. The zero-order chi connectivity index (χ0) is 19.4. The number of benzene rings is 1. The number of halogens is 6. The molecule has 3 aliphatic rings. The molecule has 1 aliphatic heterocycles. The molecule has 0 radical (unpaired) electrons. The summed E-state index contributed by atoms with van der Waals surface area (Å²) in [6, 6.07) is 5.46. The topological polar surface area (TPSA) is 37.4 Å². The second-order valence-corrected chi connectivity index (χ2v) is 10.1. The molecule has 1 aromatic carbocycles. The van der Waals surface area contributed by atoms with Gasteiger partial charge in [-0.1, -0.05) is 64.6 Å². The van der Waals surface area contributed by atoms with E-state index in [1.54, 1.807) is 0 Å². The monoisotopic (exact) mass is 471 g/mol. The molecule has 3 nitrogen and oxygen atoms in total. The lowest BCUT2D eigenvalue weighted by molar-refractivity contribution is -0.123. The minimum absolute atomic E-state index is 0.0911. The third-order valence-corrected chi connectivity index (χ3v) is 9.83. The Kier molecular flexibility index (Phi) is 4.03. The molecule has 9 heteroatoms. The number of para-hydroxylation sites is 1. The van der Waals surface area contributed by atoms with Crippen molar-refractivity contribution in [2.45, 2.75) is 27.9 Å². The van der Waals surface area contributed by atoms with Crippen LogP contribution in [-0.2, 0) is 9.59 Å². The first-order chi connectivity index (χ1) is 11.9. The number of carbonyl (C=O) groups is 2. The Bertz CT molecular complexity index is 862. The molecule has 0 N–H and O–H groups in total. The summed E-state index contributed by atoms with van der Waals surface area (Å²) in [5.74, 6) is -3.30. The standard InChI is InChI=1S/C17H11Cl6NO2/c1-6-4-3-5-7(2)10(6)24-13(25)8-9(14(24)26)16(21)12(19)11(18)15(8,20)17(16,22)23/h3-5,8-9H,1-2H3/t8-,9+,15-,16-/m0/s1. The maximum atomic E-state index is 13.3. The lowest BCUT2D eigenvalue weighted by Crippen LogP contribution is -2.50. The molecule has 2 bridgehead atoms. The molecule has 26 heavy (non-hydrogen) atoms. The number of amides is 2. The highest BCUT2D eigenvalue weighted by molar-refractivity contribution is 6.67. The van der Waals surface area contributed by atoms with Gasteiger partial charge in [0.2, 0.25) is 11.8 Å². The molecular weight excluding hydrogens is 463 g/mol. The lowest BCUT2D eigenvalue weighted by atomic mass is 9.84. The fourth-order valence-corrected chi connectivity index (χ4v) is 7.30. The normalized spacial score (nSPS) is 37.8. The number of aryl methyl sites for hydroxylation is 2. The van der Waals surface area contributed by atoms with Crippen LogP contribution in [0.15, 0.2) is 28.3 Å². The van der Waals surface area contributed by atoms with Crippen LogP contribution in [0.25, 0.3) is 0 Å². The molecule has 1 heterocycles. The smallest absolute Gasteiger partial charge is 0.240 e. The van der Waals surface area contributed by atoms with Gasteiger partial charge in [-0.25, -0.2) is 4.90 Å². The fraction of sp³-hybridized carbons (Fsp3) is 0.412. The van der Waals surface area contributed by atoms with Crippen LogP contribution in [0.5, 0.6) is 0 Å². The van der Waals surface area contributed by atoms with Gasteiger partial charge in [-0.15, -0.1) is 23.2 Å². The number of hydrogen-bond donors (Lipinski definition) is 0. The van der Waals surface area contributed by atoms with Crippen LogP contribution in [0.3, 0.4) is 0 Å². The maximum absolute atomic E-state index is 13.3. The molecule has 2 amide bonds. The van der Waals surface area contributed by atoms with Crippen LogP contribution < -0.4 is 4.90 Å². The minimum Gasteiger partial charge on any atom is -0.274 e. The van der Waals surface area contributed by atoms with Gasteiger partial charge in [0.1, 0.15) is 9.75 Å². The molecule has 4 atom stereocenters. The van der Waals surface area contributed by atoms with E-state index in [1.165, 1.54) is 0 Å². The predicted molar refractivity (Wildman–Crippen MR) is 106 cm³/mol. The van der Waals surface area contributed by atoms with E-state index in [0.717, 1.165) is 16.0 Å². The average molecular weight is 474 g/mol. The first-order valence-electron chi connectivity index (χ1n) is 7.70. The van der Waals surface area contributed by atoms with Gasteiger partial charge in [-0.05, 0) is 25.0 Å². The van der Waals surface area contributed by atoms with E-state index in [-0.39, 0.29) is 10.1 Å². The minimum atomic E-state index is -1.91. The summed E-state index contributed by atoms with van der Waals surface area (Å²) < 4.78 is -1.91. The summed E-state index contributed by atoms with van der Waals surface area (Å²) in [6.45, 7) is 3.62. The summed E-state index contributed by atoms with van der Waals surface area (Å²) in [5, 5.41) is -0.182. The van der Waals surface area contributed by atoms with Gasteiger partial charge < -0.3 is 0 Å². The van der Waals surface area contributed by atoms with Gasteiger partial charge in [-0.3, -0.25) is 9.59 Å². The molecule has 2 aliphatic carbocycles. The number of rotatable bonds is 1. The Morgan fingerprint density at radius 2 is 1.23 bits per heavy atom. The van der Waals surface area contributed by atoms with Crippen molar-refractivity contribution in [2.75, 3.05) is 4.90 Å². The molecule has 4 rings (SSSR count). The number of allylic oxidation sites excluding steroid dienone is 2. The van der Waals surface area contributed by atoms with E-state index in [9.17, 15) is 9.59 Å². The van der Waals surface area contributed by atoms with Crippen LogP contribution >= 0.6 is 69.6 Å². The third-order valence-electron chi connectivity index (χ3n) is 5.57. The predicted octanol–water partition coefficient (Wildman–Crippen LogP) is 5.25. The summed E-state index contributed by atoms with van der Waals surface area (Å²) in [5.41, 5.74) is 2.03. The van der Waals surface area contributed by atoms with E-state index in [1.807, 2.05) is 32.0 Å². The van der Waals surface area contributed by atoms with Gasteiger partial charge in [-0.2, -0.15) is 0 Å². The number of nitrogens with zero attached hydrogens (tertiary/aromatic N) is 1. The van der Waals surface area contributed by atoms with Gasteiger partial charge in [0, 0.05) is 0 Å². The number of alkyl halides is 4. The van der Waals surface area contributed by atoms with Crippen LogP contribution in [0.1, 0.15) is 11.1 Å². The highest BCUT2D eigenvalue weighted by atomic mass is 35.5. The van der Waals surface area contributed by atoms with Crippen molar-refractivity contribution in [3.05, 3.63) is 39.4 Å². The largest absolute Gasteiger partial charge is 0.274 e. The second kappa shape index (κ2) is 5.46. The summed E-state index contributed by atoms with van der Waals surface area (Å²) in [4.78, 5) is 24.2. The van der Waals surface area contributed by atoms with Gasteiger partial charge in [0.05, 0.1) is 27.6 Å². The SMILES string of the molecule is Cc1cccc(C)c1N1C(=O)[C@@H]2[C@H](C1=O)[C@]1(Cl)C(Cl)=C(Cl)[C@]2(Cl)C1(Cl)Cl. The summed E-state index contributed by atoms with van der Waals surface area (Å²) >= 11 is 38.9. The van der Waals surface area contributed by atoms with Gasteiger partial charge in [0.25, 0.3) is 0 Å². The number of anilines is 1. The maximum Gasteiger partial charge on any atom is 0.240 e. The van der Waals surface area contributed by atoms with E-state index >= 15 is 0 Å². The van der Waals surface area contributed by atoms with E-state index in [0.29, 0.717) is 5.69 Å². The Morgan fingerprint density at radius 3 is 1.62 bits per heavy atom. The molecule has 0 unspecified atom stereocenters. The first kappa shape index (κ1) is 19.2. The molecule has 1 aromatic rings. The first-order valence-corrected chi connectivity index (χ1v) is 9.96. The van der Waals surface area contributed by atoms with Crippen LogP contribution in [0.2, 0.25) is 0 Å². The summed E-state index contributed by atoms with van der Waals surface area (Å²) in [6.07, 6.45) is 0. The highest BCUT2D eigenvalue weighted by Gasteiger charge is 2.87. The van der Waals surface area contributed by atoms with E-state index < -0.39 is 37.7 Å². The molecule has 1 saturated carbocycles. The molecule has 0 spiro atoms. The van der Waals surface area contributed by atoms with E-state index in [2.05, 4.69) is 0 Å². The van der Waals surface area contributed by atoms with Crippen molar-refractivity contribution in [3.63, 3.8) is 0 Å². The Morgan fingerprint density at radius 1 is 0.846 bits per heavy atom. The number of hydrogen-bond acceptors (Lipinski definition) is 2. The molecule has 1 saturated heterocycles. The number of carbonyl (C=O) groups excluding carboxylic acids is 2. The Balaban J connectivity index is 1.96. The quantitative estimate of drug-likeness (QED) is 0.412. The number of imide groups is 1. The van der Waals surface area contributed by atoms with Crippen molar-refractivity contribution in [3.8, 4) is 0 Å².